The Morgan fingerprint density at radius 2 is 0.915 bits per heavy atom. The summed E-state index contributed by atoms with van der Waals surface area (Å²) in [6.07, 6.45) is 4.12. The molecule has 0 fully saturated rings. The topological polar surface area (TPSA) is 60.4 Å². The van der Waals surface area contributed by atoms with Crippen LogP contribution in [0.15, 0.2) is 115 Å². The lowest BCUT2D eigenvalue weighted by molar-refractivity contribution is 0.437. The van der Waals surface area contributed by atoms with E-state index in [4.69, 9.17) is 8.83 Å². The molecule has 1 aliphatic rings. The van der Waals surface area contributed by atoms with E-state index in [1.165, 1.54) is 45.5 Å². The summed E-state index contributed by atoms with van der Waals surface area (Å²) in [6, 6.07) is 33.4. The molecule has 6 aromatic rings. The number of rotatable bonds is 8. The molecular formula is C43H42O4. The first-order valence-corrected chi connectivity index (χ1v) is 17.0. The molecule has 0 atom stereocenters. The number of fused-ring (bicyclic) bond motifs is 5. The molecule has 1 aliphatic carbocycles. The molecule has 0 saturated carbocycles. The third-order valence-electron chi connectivity index (χ3n) is 11.8. The third kappa shape index (κ3) is 4.64. The minimum Gasteiger partial charge on any atom is -0.423 e. The van der Waals surface area contributed by atoms with Crippen LogP contribution >= 0.6 is 0 Å². The van der Waals surface area contributed by atoms with Gasteiger partial charge in [0.05, 0.1) is 5.41 Å². The normalized spacial score (nSPS) is 14.0. The van der Waals surface area contributed by atoms with Gasteiger partial charge < -0.3 is 8.83 Å². The van der Waals surface area contributed by atoms with Crippen molar-refractivity contribution in [1.82, 2.24) is 0 Å². The van der Waals surface area contributed by atoms with E-state index in [1.807, 2.05) is 24.3 Å². The van der Waals surface area contributed by atoms with Crippen LogP contribution < -0.4 is 11.3 Å². The van der Waals surface area contributed by atoms with Crippen molar-refractivity contribution in [3.05, 3.63) is 151 Å². The fourth-order valence-electron chi connectivity index (χ4n) is 7.79. The molecule has 7 rings (SSSR count). The maximum Gasteiger partial charge on any atom is 0.336 e. The predicted octanol–water partition coefficient (Wildman–Crippen LogP) is 10.4. The summed E-state index contributed by atoms with van der Waals surface area (Å²) in [4.78, 5) is 24.3. The van der Waals surface area contributed by atoms with E-state index in [1.54, 1.807) is 0 Å². The summed E-state index contributed by atoms with van der Waals surface area (Å²) in [5, 5.41) is 1.74. The summed E-state index contributed by atoms with van der Waals surface area (Å²) < 4.78 is 11.2. The van der Waals surface area contributed by atoms with E-state index < -0.39 is 5.41 Å². The number of hydrogen-bond donors (Lipinski definition) is 0. The molecule has 0 amide bonds. The molecule has 238 valence electrons. The van der Waals surface area contributed by atoms with Crippen LogP contribution in [0.2, 0.25) is 0 Å². The molecule has 0 radical (unpaired) electrons. The SMILES string of the molecule is CCC(C)(CC)c1ccc2c(c1)C(c1ccc3oc(=O)ccc3c1)(c1ccc3oc(=O)ccc3c1)c1cc(C(C)(CC)CC)ccc1-2. The van der Waals surface area contributed by atoms with Crippen LogP contribution in [0, 0.1) is 0 Å². The Bertz CT molecular complexity index is 2110. The van der Waals surface area contributed by atoms with Crippen LogP contribution in [0.25, 0.3) is 33.1 Å². The second-order valence-corrected chi connectivity index (χ2v) is 13.8. The van der Waals surface area contributed by atoms with Crippen molar-refractivity contribution < 1.29 is 8.83 Å². The van der Waals surface area contributed by atoms with Crippen LogP contribution in [-0.2, 0) is 16.2 Å². The third-order valence-corrected chi connectivity index (χ3v) is 11.8. The van der Waals surface area contributed by atoms with Gasteiger partial charge in [-0.3, -0.25) is 0 Å². The van der Waals surface area contributed by atoms with Crippen LogP contribution in [-0.4, -0.2) is 0 Å². The predicted molar refractivity (Wildman–Crippen MR) is 192 cm³/mol. The highest BCUT2D eigenvalue weighted by Crippen LogP contribution is 2.58. The average Bonchev–Trinajstić information content (AvgIpc) is 3.40. The van der Waals surface area contributed by atoms with E-state index in [0.29, 0.717) is 11.2 Å². The van der Waals surface area contributed by atoms with Crippen LogP contribution in [0.3, 0.4) is 0 Å². The summed E-state index contributed by atoms with van der Waals surface area (Å²) in [7, 11) is 0. The lowest BCUT2D eigenvalue weighted by Crippen LogP contribution is -2.30. The first-order valence-electron chi connectivity index (χ1n) is 17.0. The van der Waals surface area contributed by atoms with Gasteiger partial charge in [0.1, 0.15) is 11.2 Å². The molecule has 0 unspecified atom stereocenters. The van der Waals surface area contributed by atoms with Gasteiger partial charge in [0, 0.05) is 22.9 Å². The highest BCUT2D eigenvalue weighted by Gasteiger charge is 2.47. The number of hydrogen-bond acceptors (Lipinski definition) is 4. The summed E-state index contributed by atoms with van der Waals surface area (Å²) >= 11 is 0. The van der Waals surface area contributed by atoms with Gasteiger partial charge in [-0.05, 0) is 117 Å². The highest BCUT2D eigenvalue weighted by molar-refractivity contribution is 5.90. The first kappa shape index (κ1) is 30.9. The van der Waals surface area contributed by atoms with Gasteiger partial charge in [-0.25, -0.2) is 9.59 Å². The monoisotopic (exact) mass is 622 g/mol. The Kier molecular flexibility index (Phi) is 7.39. The van der Waals surface area contributed by atoms with Crippen molar-refractivity contribution in [2.24, 2.45) is 0 Å². The fraction of sp³-hybridized carbons (Fsp3) is 0.302. The second-order valence-electron chi connectivity index (χ2n) is 13.8. The molecule has 0 bridgehead atoms. The lowest BCUT2D eigenvalue weighted by Gasteiger charge is -2.37. The van der Waals surface area contributed by atoms with E-state index in [9.17, 15) is 9.59 Å². The minimum absolute atomic E-state index is 0.0171. The van der Waals surface area contributed by atoms with Gasteiger partial charge in [0.2, 0.25) is 0 Å². The van der Waals surface area contributed by atoms with Gasteiger partial charge in [0.15, 0.2) is 0 Å². The Balaban J connectivity index is 1.66. The Morgan fingerprint density at radius 1 is 0.511 bits per heavy atom. The lowest BCUT2D eigenvalue weighted by atomic mass is 9.65. The maximum atomic E-state index is 12.2. The van der Waals surface area contributed by atoms with Crippen molar-refractivity contribution in [1.29, 1.82) is 0 Å². The first-order chi connectivity index (χ1) is 22.6. The molecule has 0 N–H and O–H groups in total. The zero-order valence-corrected chi connectivity index (χ0v) is 28.2. The molecule has 0 spiro atoms. The zero-order valence-electron chi connectivity index (χ0n) is 28.2. The van der Waals surface area contributed by atoms with E-state index in [-0.39, 0.29) is 22.1 Å². The van der Waals surface area contributed by atoms with Crippen LogP contribution in [0.5, 0.6) is 0 Å². The Hall–Kier alpha value is -4.70. The van der Waals surface area contributed by atoms with Gasteiger partial charge in [-0.1, -0.05) is 90.1 Å². The molecule has 2 aromatic heterocycles. The molecule has 0 saturated heterocycles. The van der Waals surface area contributed by atoms with Crippen molar-refractivity contribution in [3.63, 3.8) is 0 Å². The van der Waals surface area contributed by atoms with Gasteiger partial charge in [-0.2, -0.15) is 0 Å². The second kappa shape index (κ2) is 11.2. The van der Waals surface area contributed by atoms with E-state index >= 15 is 0 Å². The van der Waals surface area contributed by atoms with Crippen molar-refractivity contribution in [3.8, 4) is 11.1 Å². The highest BCUT2D eigenvalue weighted by atomic mass is 16.4. The standard InChI is InChI=1S/C43H42O4/c1-7-41(5,8-2)29-13-17-33-34-18-14-30(42(6,9-3)10-4)26-36(34)43(35(33)25-29,31-15-19-37-27(23-31)11-21-39(44)46-37)32-16-20-38-28(24-32)12-22-40(45)47-38/h11-26H,7-10H2,1-6H3. The quantitative estimate of drug-likeness (QED) is 0.158. The summed E-state index contributed by atoms with van der Waals surface area (Å²) in [6.45, 7) is 13.8. The zero-order chi connectivity index (χ0) is 33.1. The van der Waals surface area contributed by atoms with Crippen molar-refractivity contribution in [2.45, 2.75) is 83.5 Å². The molecular weight excluding hydrogens is 580 g/mol. The maximum absolute atomic E-state index is 12.2. The molecule has 47 heavy (non-hydrogen) atoms. The Morgan fingerprint density at radius 3 is 1.30 bits per heavy atom. The molecule has 4 heteroatoms. The largest absolute Gasteiger partial charge is 0.423 e. The van der Waals surface area contributed by atoms with Gasteiger partial charge in [-0.15, -0.1) is 0 Å². The minimum atomic E-state index is -0.698. The fourth-order valence-corrected chi connectivity index (χ4v) is 7.79. The summed E-state index contributed by atoms with van der Waals surface area (Å²) in [5.74, 6) is 0. The average molecular weight is 623 g/mol. The Labute approximate surface area is 276 Å². The van der Waals surface area contributed by atoms with Crippen LogP contribution in [0.1, 0.15) is 101 Å². The van der Waals surface area contributed by atoms with E-state index in [0.717, 1.165) is 47.6 Å². The van der Waals surface area contributed by atoms with Gasteiger partial charge in [0.25, 0.3) is 0 Å². The van der Waals surface area contributed by atoms with Crippen molar-refractivity contribution >= 4 is 21.9 Å². The summed E-state index contributed by atoms with van der Waals surface area (Å²) in [5.41, 5.74) is 9.48. The molecule has 0 aliphatic heterocycles. The molecule has 4 aromatic carbocycles. The number of benzene rings is 4. The van der Waals surface area contributed by atoms with Crippen molar-refractivity contribution in [2.75, 3.05) is 0 Å². The van der Waals surface area contributed by atoms with Crippen LogP contribution in [0.4, 0.5) is 0 Å². The molecule has 2 heterocycles. The smallest absolute Gasteiger partial charge is 0.336 e. The van der Waals surface area contributed by atoms with E-state index in [2.05, 4.69) is 102 Å². The molecule has 4 nitrogen and oxygen atoms in total. The van der Waals surface area contributed by atoms with Gasteiger partial charge >= 0.3 is 11.3 Å².